The van der Waals surface area contributed by atoms with Gasteiger partial charge in [0.25, 0.3) is 16.0 Å². The number of benzene rings is 2. The lowest BCUT2D eigenvalue weighted by atomic mass is 10.1. The second kappa shape index (κ2) is 20.4. The van der Waals surface area contributed by atoms with Gasteiger partial charge in [-0.1, -0.05) is 24.3 Å². The molecule has 328 valence electrons. The highest BCUT2D eigenvalue weighted by atomic mass is 32.2. The summed E-state index contributed by atoms with van der Waals surface area (Å²) in [5, 5.41) is 21.7. The number of carbonyl (C=O) groups excluding carboxylic acids is 2. The Morgan fingerprint density at radius 2 is 1.18 bits per heavy atom. The maximum Gasteiger partial charge on any atom is 0.265 e. The molecule has 0 aliphatic carbocycles. The number of carbonyl (C=O) groups is 2. The van der Waals surface area contributed by atoms with Gasteiger partial charge in [-0.05, 0) is 78.9 Å². The maximum absolute atomic E-state index is 13.8. The highest BCUT2D eigenvalue weighted by Gasteiger charge is 2.37. The van der Waals surface area contributed by atoms with Crippen molar-refractivity contribution in [3.8, 4) is 11.5 Å². The van der Waals surface area contributed by atoms with Crippen molar-refractivity contribution in [1.82, 2.24) is 30.0 Å². The first-order valence-corrected chi connectivity index (χ1v) is 22.2. The molecule has 2 amide bonds. The van der Waals surface area contributed by atoms with E-state index < -0.39 is 16.2 Å². The van der Waals surface area contributed by atoms with Gasteiger partial charge in [0.2, 0.25) is 5.91 Å². The van der Waals surface area contributed by atoms with Crippen molar-refractivity contribution in [2.45, 2.75) is 51.9 Å². The third-order valence-electron chi connectivity index (χ3n) is 11.0. The van der Waals surface area contributed by atoms with Crippen molar-refractivity contribution < 1.29 is 41.2 Å². The van der Waals surface area contributed by atoms with Crippen LogP contribution in [0.4, 0.5) is 20.4 Å². The molecule has 2 atom stereocenters. The summed E-state index contributed by atoms with van der Waals surface area (Å²) >= 11 is 0. The molecule has 4 aliphatic rings. The van der Waals surface area contributed by atoms with Crippen LogP contribution >= 0.6 is 0 Å². The molecule has 0 radical (unpaired) electrons. The van der Waals surface area contributed by atoms with Gasteiger partial charge < -0.3 is 35.1 Å². The zero-order valence-electron chi connectivity index (χ0n) is 34.7. The number of amides is 2. The minimum Gasteiger partial charge on any atom is -0.506 e. The molecule has 18 heteroatoms. The van der Waals surface area contributed by atoms with E-state index in [1.807, 2.05) is 23.1 Å². The lowest BCUT2D eigenvalue weighted by Crippen LogP contribution is -2.52. The molecule has 8 rings (SSSR count). The summed E-state index contributed by atoms with van der Waals surface area (Å²) < 4.78 is 54.0. The number of aryl methyl sites for hydroxylation is 2. The summed E-state index contributed by atoms with van der Waals surface area (Å²) in [6.07, 6.45) is 4.02. The average molecular weight is 865 g/mol. The Kier molecular flexibility index (Phi) is 15.1. The number of piperazine rings is 2. The molecule has 4 saturated heterocycles. The van der Waals surface area contributed by atoms with Gasteiger partial charge in [-0.15, -0.1) is 0 Å². The van der Waals surface area contributed by atoms with Gasteiger partial charge in [0.15, 0.2) is 6.10 Å². The lowest BCUT2D eigenvalue weighted by Gasteiger charge is -2.37. The smallest absolute Gasteiger partial charge is 0.265 e. The zero-order valence-corrected chi connectivity index (χ0v) is 35.5. The summed E-state index contributed by atoms with van der Waals surface area (Å²) in [7, 11) is -3.66. The number of nitrogens with one attached hydrogen (secondary N) is 1. The molecule has 4 fully saturated rings. The van der Waals surface area contributed by atoms with Gasteiger partial charge in [-0.3, -0.25) is 18.7 Å². The monoisotopic (exact) mass is 864 g/mol. The van der Waals surface area contributed by atoms with Crippen LogP contribution in [0.3, 0.4) is 0 Å². The molecule has 2 aromatic carbocycles. The zero-order chi connectivity index (χ0) is 43.7. The first-order chi connectivity index (χ1) is 29.1. The Morgan fingerprint density at radius 1 is 0.689 bits per heavy atom. The number of nitrogens with zero attached hydrogens (tertiary/aromatic N) is 7. The van der Waals surface area contributed by atoms with Crippen LogP contribution in [0, 0.1) is 25.5 Å². The van der Waals surface area contributed by atoms with Crippen molar-refractivity contribution in [2.24, 2.45) is 0 Å². The van der Waals surface area contributed by atoms with E-state index in [0.717, 1.165) is 82.2 Å². The van der Waals surface area contributed by atoms with Crippen molar-refractivity contribution >= 4 is 33.6 Å². The molecule has 2 aromatic heterocycles. The van der Waals surface area contributed by atoms with Crippen molar-refractivity contribution in [2.75, 3.05) is 81.5 Å². The van der Waals surface area contributed by atoms with Crippen LogP contribution in [-0.2, 0) is 37.0 Å². The third kappa shape index (κ3) is 12.6. The Bertz CT molecular complexity index is 2220. The Balaban J connectivity index is 0.000000164. The number of pyridine rings is 2. The standard InChI is InChI=1S/C21H25FN4O2.C13H16FNO4S.C9H13N3O/c1-15-2-3-16(12-18(15)22)14-26-7-6-19(21(26)28)24-8-10-25(11-9-24)20-5-4-17(27)13-23-20;1-9-3-4-10(7-11(9)14)8-15-6-5-12(13(15)16)19-20(2,17)18;13-8-1-2-9(11-7-8)12-5-3-10-4-6-12/h2-5,12-13,19,27H,6-11,14H2,1H3;3-4,7,12H,5-6,8H2,1-2H3;1-2,7,10,13H,3-6H2/t;12-;/m.0./s1. The second-order valence-electron chi connectivity index (χ2n) is 15.6. The van der Waals surface area contributed by atoms with Crippen LogP contribution in [0.25, 0.3) is 0 Å². The van der Waals surface area contributed by atoms with E-state index >= 15 is 0 Å². The number of rotatable bonds is 9. The van der Waals surface area contributed by atoms with Crippen molar-refractivity contribution in [3.05, 3.63) is 107 Å². The number of anilines is 2. The molecule has 4 aromatic rings. The van der Waals surface area contributed by atoms with Gasteiger partial charge in [0.05, 0.1) is 24.7 Å². The van der Waals surface area contributed by atoms with Crippen molar-refractivity contribution in [1.29, 1.82) is 0 Å². The van der Waals surface area contributed by atoms with Gasteiger partial charge in [0.1, 0.15) is 34.8 Å². The Hall–Kier alpha value is -5.43. The van der Waals surface area contributed by atoms with Crippen LogP contribution in [0.1, 0.15) is 35.1 Å². The van der Waals surface area contributed by atoms with Gasteiger partial charge in [-0.25, -0.2) is 18.7 Å². The molecule has 4 aliphatic heterocycles. The molecule has 0 bridgehead atoms. The number of aromatic hydroxyl groups is 2. The molecular formula is C43H54F2N8O7S. The molecule has 0 spiro atoms. The first kappa shape index (κ1) is 45.1. The summed E-state index contributed by atoms with van der Waals surface area (Å²) in [5.41, 5.74) is 2.66. The lowest BCUT2D eigenvalue weighted by molar-refractivity contribution is -0.134. The molecule has 15 nitrogen and oxygen atoms in total. The van der Waals surface area contributed by atoms with Crippen LogP contribution in [0.15, 0.2) is 73.1 Å². The van der Waals surface area contributed by atoms with Crippen LogP contribution < -0.4 is 15.1 Å². The summed E-state index contributed by atoms with van der Waals surface area (Å²) in [4.78, 5) is 43.2. The molecule has 1 unspecified atom stereocenters. The van der Waals surface area contributed by atoms with Crippen molar-refractivity contribution in [3.63, 3.8) is 0 Å². The highest BCUT2D eigenvalue weighted by Crippen LogP contribution is 2.24. The van der Waals surface area contributed by atoms with E-state index in [1.165, 1.54) is 29.4 Å². The molecule has 0 saturated carbocycles. The van der Waals surface area contributed by atoms with Gasteiger partial charge in [0, 0.05) is 85.0 Å². The molecule has 6 heterocycles. The quantitative estimate of drug-likeness (QED) is 0.209. The fourth-order valence-electron chi connectivity index (χ4n) is 7.58. The largest absolute Gasteiger partial charge is 0.506 e. The maximum atomic E-state index is 13.8. The summed E-state index contributed by atoms with van der Waals surface area (Å²) in [6, 6.07) is 16.8. The predicted molar refractivity (Wildman–Crippen MR) is 227 cm³/mol. The predicted octanol–water partition coefficient (Wildman–Crippen LogP) is 3.57. The fraction of sp³-hybridized carbons (Fsp3) is 0.442. The van der Waals surface area contributed by atoms with E-state index in [0.29, 0.717) is 42.7 Å². The average Bonchev–Trinajstić information content (AvgIpc) is 3.77. The Morgan fingerprint density at radius 3 is 1.66 bits per heavy atom. The summed E-state index contributed by atoms with van der Waals surface area (Å²) in [5.74, 6) is 1.38. The van der Waals surface area contributed by atoms with Crippen LogP contribution in [0.5, 0.6) is 11.5 Å². The van der Waals surface area contributed by atoms with Gasteiger partial charge in [-0.2, -0.15) is 8.42 Å². The number of halogens is 2. The van der Waals surface area contributed by atoms with Gasteiger partial charge >= 0.3 is 0 Å². The Labute approximate surface area is 355 Å². The second-order valence-corrected chi connectivity index (χ2v) is 17.2. The van der Waals surface area contributed by atoms with E-state index in [9.17, 15) is 31.9 Å². The number of hydrogen-bond acceptors (Lipinski definition) is 13. The summed E-state index contributed by atoms with van der Waals surface area (Å²) in [6.45, 7) is 12.4. The number of likely N-dealkylation sites (tertiary alicyclic amines) is 2. The topological polar surface area (TPSA) is 172 Å². The normalized spacial score (nSPS) is 19.7. The number of aromatic nitrogens is 2. The fourth-order valence-corrected chi connectivity index (χ4v) is 8.18. The minimum absolute atomic E-state index is 0.0924. The molecular weight excluding hydrogens is 811 g/mol. The van der Waals surface area contributed by atoms with E-state index in [2.05, 4.69) is 30.0 Å². The SMILES string of the molecule is Cc1ccc(CN2CCC(N3CCN(c4ccc(O)cn4)CC3)C2=O)cc1F.Cc1ccc(CN2CC[C@H](OS(C)(=O)=O)C2=O)cc1F.Oc1ccc(N2CCNCC2)nc1. The van der Waals surface area contributed by atoms with Crippen LogP contribution in [-0.4, -0.2) is 139 Å². The molecule has 3 N–H and O–H groups in total. The minimum atomic E-state index is -3.66. The highest BCUT2D eigenvalue weighted by molar-refractivity contribution is 7.86. The third-order valence-corrected chi connectivity index (χ3v) is 11.6. The van der Waals surface area contributed by atoms with Crippen LogP contribution in [0.2, 0.25) is 0 Å². The van der Waals surface area contributed by atoms with E-state index in [1.54, 1.807) is 44.2 Å². The van der Waals surface area contributed by atoms with E-state index in [4.69, 9.17) is 9.29 Å². The number of hydrogen-bond donors (Lipinski definition) is 3. The molecule has 61 heavy (non-hydrogen) atoms. The first-order valence-electron chi connectivity index (χ1n) is 20.3. The van der Waals surface area contributed by atoms with E-state index in [-0.39, 0.29) is 47.5 Å².